The fourth-order valence-electron chi connectivity index (χ4n) is 3.06. The number of nitro benzene ring substituents is 1. The third-order valence-electron chi connectivity index (χ3n) is 4.15. The van der Waals surface area contributed by atoms with Crippen LogP contribution in [0.5, 0.6) is 0 Å². The van der Waals surface area contributed by atoms with E-state index in [-0.39, 0.29) is 16.7 Å². The van der Waals surface area contributed by atoms with E-state index in [0.717, 1.165) is 31.5 Å². The van der Waals surface area contributed by atoms with Crippen molar-refractivity contribution in [1.29, 1.82) is 0 Å². The number of non-ortho nitro benzene ring substituents is 1. The van der Waals surface area contributed by atoms with Gasteiger partial charge in [-0.1, -0.05) is 25.0 Å². The van der Waals surface area contributed by atoms with Crippen molar-refractivity contribution in [3.05, 3.63) is 39.9 Å². The molecule has 1 N–H and O–H groups in total. The smallest absolute Gasteiger partial charge is 0.269 e. The quantitative estimate of drug-likeness (QED) is 0.669. The summed E-state index contributed by atoms with van der Waals surface area (Å²) in [6.07, 6.45) is 5.28. The minimum atomic E-state index is -0.369. The molecule has 1 aliphatic heterocycles. The summed E-state index contributed by atoms with van der Waals surface area (Å²) in [5.74, 6) is 0. The standard InChI is InChI=1S/C16H24N2O3/c1-13(19)11-16-5-3-2-4-10-17(16)12-14-6-8-15(9-7-14)18(20)21/h6-9,13,16,19H,2-5,10-12H2,1H3. The fourth-order valence-corrected chi connectivity index (χ4v) is 3.06. The van der Waals surface area contributed by atoms with Gasteiger partial charge in [0.25, 0.3) is 5.69 Å². The van der Waals surface area contributed by atoms with E-state index in [1.54, 1.807) is 12.1 Å². The summed E-state index contributed by atoms with van der Waals surface area (Å²) in [6, 6.07) is 7.21. The normalized spacial score (nSPS) is 21.7. The van der Waals surface area contributed by atoms with Crippen LogP contribution in [0.4, 0.5) is 5.69 Å². The Kier molecular flexibility index (Phi) is 5.70. The van der Waals surface area contributed by atoms with Gasteiger partial charge in [0, 0.05) is 24.7 Å². The summed E-state index contributed by atoms with van der Waals surface area (Å²) < 4.78 is 0. The Morgan fingerprint density at radius 1 is 1.33 bits per heavy atom. The monoisotopic (exact) mass is 292 g/mol. The Labute approximate surface area is 125 Å². The molecule has 0 radical (unpaired) electrons. The summed E-state index contributed by atoms with van der Waals surface area (Å²) in [6.45, 7) is 3.68. The highest BCUT2D eigenvalue weighted by molar-refractivity contribution is 5.32. The van der Waals surface area contributed by atoms with Crippen molar-refractivity contribution < 1.29 is 10.0 Å². The lowest BCUT2D eigenvalue weighted by atomic mass is 10.0. The van der Waals surface area contributed by atoms with Gasteiger partial charge in [-0.15, -0.1) is 0 Å². The first-order valence-electron chi connectivity index (χ1n) is 7.71. The molecule has 2 rings (SSSR count). The molecule has 0 amide bonds. The maximum atomic E-state index is 10.7. The van der Waals surface area contributed by atoms with Crippen molar-refractivity contribution in [2.45, 2.75) is 57.7 Å². The Morgan fingerprint density at radius 3 is 2.67 bits per heavy atom. The van der Waals surface area contributed by atoms with Gasteiger partial charge in [-0.25, -0.2) is 0 Å². The third-order valence-corrected chi connectivity index (χ3v) is 4.15. The fraction of sp³-hybridized carbons (Fsp3) is 0.625. The average Bonchev–Trinajstić information content (AvgIpc) is 2.65. The largest absolute Gasteiger partial charge is 0.393 e. The van der Waals surface area contributed by atoms with Gasteiger partial charge >= 0.3 is 0 Å². The Bertz CT molecular complexity index is 459. The molecule has 1 aromatic carbocycles. The molecule has 1 fully saturated rings. The molecule has 21 heavy (non-hydrogen) atoms. The predicted octanol–water partition coefficient (Wildman–Crippen LogP) is 3.11. The van der Waals surface area contributed by atoms with Gasteiger partial charge in [-0.2, -0.15) is 0 Å². The highest BCUT2D eigenvalue weighted by Gasteiger charge is 2.22. The van der Waals surface area contributed by atoms with Crippen molar-refractivity contribution in [1.82, 2.24) is 4.90 Å². The first-order chi connectivity index (χ1) is 10.1. The maximum absolute atomic E-state index is 10.7. The first kappa shape index (κ1) is 15.9. The van der Waals surface area contributed by atoms with Gasteiger partial charge in [0.05, 0.1) is 11.0 Å². The number of aliphatic hydroxyl groups excluding tert-OH is 1. The van der Waals surface area contributed by atoms with Crippen LogP contribution in [0.2, 0.25) is 0 Å². The van der Waals surface area contributed by atoms with Gasteiger partial charge in [0.2, 0.25) is 0 Å². The second-order valence-corrected chi connectivity index (χ2v) is 5.98. The van der Waals surface area contributed by atoms with Crippen LogP contribution in [0.1, 0.15) is 44.6 Å². The molecule has 1 aromatic rings. The Balaban J connectivity index is 2.04. The third kappa shape index (κ3) is 4.79. The van der Waals surface area contributed by atoms with Crippen LogP contribution >= 0.6 is 0 Å². The van der Waals surface area contributed by atoms with Crippen LogP contribution in [0.3, 0.4) is 0 Å². The van der Waals surface area contributed by atoms with E-state index in [2.05, 4.69) is 4.90 Å². The second kappa shape index (κ2) is 7.52. The molecule has 5 nitrogen and oxygen atoms in total. The summed E-state index contributed by atoms with van der Waals surface area (Å²) in [5.41, 5.74) is 1.23. The van der Waals surface area contributed by atoms with Gasteiger partial charge in [-0.3, -0.25) is 15.0 Å². The molecule has 1 aliphatic rings. The minimum Gasteiger partial charge on any atom is -0.393 e. The Morgan fingerprint density at radius 2 is 2.05 bits per heavy atom. The number of benzene rings is 1. The van der Waals surface area contributed by atoms with Crippen molar-refractivity contribution >= 4 is 5.69 Å². The van der Waals surface area contributed by atoms with Crippen LogP contribution in [-0.4, -0.2) is 33.6 Å². The molecular weight excluding hydrogens is 268 g/mol. The van der Waals surface area contributed by atoms with Crippen molar-refractivity contribution in [2.24, 2.45) is 0 Å². The molecule has 2 atom stereocenters. The summed E-state index contributed by atoms with van der Waals surface area (Å²) in [7, 11) is 0. The minimum absolute atomic E-state index is 0.134. The highest BCUT2D eigenvalue weighted by Crippen LogP contribution is 2.23. The van der Waals surface area contributed by atoms with E-state index in [4.69, 9.17) is 0 Å². The predicted molar refractivity (Wildman–Crippen MR) is 82.1 cm³/mol. The lowest BCUT2D eigenvalue weighted by molar-refractivity contribution is -0.384. The van der Waals surface area contributed by atoms with Gasteiger partial charge in [0.1, 0.15) is 0 Å². The van der Waals surface area contributed by atoms with Gasteiger partial charge in [-0.05, 0) is 38.3 Å². The molecule has 116 valence electrons. The zero-order chi connectivity index (χ0) is 15.2. The number of hydrogen-bond donors (Lipinski definition) is 1. The number of aliphatic hydroxyl groups is 1. The molecule has 1 saturated heterocycles. The van der Waals surface area contributed by atoms with Gasteiger partial charge < -0.3 is 5.11 Å². The van der Waals surface area contributed by atoms with E-state index in [1.807, 2.05) is 19.1 Å². The molecule has 0 aromatic heterocycles. The zero-order valence-corrected chi connectivity index (χ0v) is 12.6. The van der Waals surface area contributed by atoms with E-state index >= 15 is 0 Å². The van der Waals surface area contributed by atoms with Crippen LogP contribution in [0.15, 0.2) is 24.3 Å². The number of hydrogen-bond acceptors (Lipinski definition) is 4. The average molecular weight is 292 g/mol. The maximum Gasteiger partial charge on any atom is 0.269 e. The first-order valence-corrected chi connectivity index (χ1v) is 7.71. The Hall–Kier alpha value is -1.46. The number of likely N-dealkylation sites (tertiary alicyclic amines) is 1. The van der Waals surface area contributed by atoms with Crippen molar-refractivity contribution in [3.8, 4) is 0 Å². The summed E-state index contributed by atoms with van der Waals surface area (Å²) in [4.78, 5) is 12.7. The molecule has 0 saturated carbocycles. The van der Waals surface area contributed by atoms with Crippen molar-refractivity contribution in [3.63, 3.8) is 0 Å². The van der Waals surface area contributed by atoms with E-state index < -0.39 is 0 Å². The van der Waals surface area contributed by atoms with E-state index in [0.29, 0.717) is 6.04 Å². The molecule has 5 heteroatoms. The van der Waals surface area contributed by atoms with Crippen LogP contribution in [0, 0.1) is 10.1 Å². The molecule has 0 spiro atoms. The molecule has 1 heterocycles. The number of nitrogens with zero attached hydrogens (tertiary/aromatic N) is 2. The van der Waals surface area contributed by atoms with Crippen LogP contribution in [-0.2, 0) is 6.54 Å². The SMILES string of the molecule is CC(O)CC1CCCCCN1Cc1ccc([N+](=O)[O-])cc1. The molecule has 0 bridgehead atoms. The number of nitro groups is 1. The zero-order valence-electron chi connectivity index (χ0n) is 12.6. The lowest BCUT2D eigenvalue weighted by Crippen LogP contribution is -2.36. The van der Waals surface area contributed by atoms with Crippen LogP contribution in [0.25, 0.3) is 0 Å². The lowest BCUT2D eigenvalue weighted by Gasteiger charge is -2.30. The molecule has 0 aliphatic carbocycles. The molecular formula is C16H24N2O3. The van der Waals surface area contributed by atoms with Gasteiger partial charge in [0.15, 0.2) is 0 Å². The second-order valence-electron chi connectivity index (χ2n) is 5.98. The van der Waals surface area contributed by atoms with E-state index in [9.17, 15) is 15.2 Å². The summed E-state index contributed by atoms with van der Waals surface area (Å²) >= 11 is 0. The highest BCUT2D eigenvalue weighted by atomic mass is 16.6. The number of rotatable bonds is 5. The topological polar surface area (TPSA) is 66.6 Å². The van der Waals surface area contributed by atoms with Crippen LogP contribution < -0.4 is 0 Å². The van der Waals surface area contributed by atoms with E-state index in [1.165, 1.54) is 19.3 Å². The summed E-state index contributed by atoms with van der Waals surface area (Å²) in [5, 5.41) is 20.4. The van der Waals surface area contributed by atoms with Crippen molar-refractivity contribution in [2.75, 3.05) is 6.54 Å². The molecule has 2 unspecified atom stereocenters.